The molecule has 0 saturated carbocycles. The number of carboxylic acids is 1. The highest BCUT2D eigenvalue weighted by atomic mass is 32.1. The van der Waals surface area contributed by atoms with Gasteiger partial charge in [-0.3, -0.25) is 83.4 Å². The monoisotopic (exact) mass is 2080 g/mol. The molecule has 1 fully saturated rings. The third-order valence-corrected chi connectivity index (χ3v) is 23.9. The van der Waals surface area contributed by atoms with Gasteiger partial charge in [0.05, 0.1) is 0 Å². The Morgan fingerprint density at radius 3 is 0.966 bits per heavy atom. The number of phenols is 2. The molecule has 41 N–H and O–H groups in total. The normalized spacial score (nSPS) is 14.7. The van der Waals surface area contributed by atoms with Crippen molar-refractivity contribution >= 4 is 161 Å². The van der Waals surface area contributed by atoms with Gasteiger partial charge in [-0.15, -0.1) is 0 Å². The lowest BCUT2D eigenvalue weighted by Crippen LogP contribution is -2.61. The zero-order valence-corrected chi connectivity index (χ0v) is 83.2. The molecule has 5 rings (SSSR count). The van der Waals surface area contributed by atoms with E-state index in [4.69, 9.17) is 62.1 Å². The van der Waals surface area contributed by atoms with Crippen molar-refractivity contribution < 1.29 is 102 Å². The van der Waals surface area contributed by atoms with Crippen molar-refractivity contribution in [1.29, 1.82) is 16.2 Å². The van der Waals surface area contributed by atoms with Crippen LogP contribution in [0.4, 0.5) is 14.4 Å². The standard InChI is InChI=1S/C92H143N31O21S2/c1-51(124)110-59(19-10-41-107-90(101)142)73(127)112-63(21-9-39-105-88(97)98)77(131)118-69(48-54-26-31-55-15-2-3-16-56(55)45-54)81(135)122-71(50-146)83(137)119-67(46-52-27-32-57(125)33-28-52)79(133)114-62(22-11-42-108-91(102)143)74(128)111-60(17-4-6-36-93)76(130)116-65(18-5-7-37-94)85(139)123-44-14-25-72(123)84(138)120-68(47-53-29-34-58(126)35-30-53)80(134)115-61(20-8-38-104-87(95)96)75(129)113-64(23-12-43-109-92(103)144)78(132)121-70(49-145)82(136)117-66(86(140)141)24-13-40-106-89(99)100/h2-3,15-16,26-35,45,59-72,125-126,145-146H,4-14,17-25,36-44,46-50,93-94H2,1H3,(H,110,124)(H,111,128)(H,112,127)(H,113,129)(H,114,133)(H,115,134)(H,116,130)(H,117,136)(H,118,131)(H,119,137)(H,120,138)(H,121,132)(H,122,135)(H,140,141)(H4,95,96,104)(H4,97,98,105)(H4,99,100,106)(H3,101,107,142)(H3,102,108,143)(H3,103,109,144)/t59-,60-,61-,62-,63-,64-,65+,66-,67-,68-,69-,70-,71-,72-/m0/s1. The van der Waals surface area contributed by atoms with Gasteiger partial charge in [-0.1, -0.05) is 66.7 Å². The summed E-state index contributed by atoms with van der Waals surface area (Å²) in [6, 6.07) is -0.581. The average molecular weight is 2080 g/mol. The maximum atomic E-state index is 15.4. The maximum absolute atomic E-state index is 15.4. The van der Waals surface area contributed by atoms with Gasteiger partial charge in [0.25, 0.3) is 0 Å². The molecule has 804 valence electrons. The number of phenolic OH excluding ortho intramolecular Hbond substituents is 2. The zero-order chi connectivity index (χ0) is 108. The van der Waals surface area contributed by atoms with Crippen LogP contribution in [-0.4, -0.2) is 300 Å². The number of rotatable bonds is 67. The van der Waals surface area contributed by atoms with E-state index in [0.717, 1.165) is 10.8 Å². The number of nitrogens with one attached hydrogen (secondary N) is 22. The molecule has 4 aromatic rings. The second-order valence-corrected chi connectivity index (χ2v) is 35.6. The number of primary amides is 3. The van der Waals surface area contributed by atoms with Crippen LogP contribution in [0.2, 0.25) is 0 Å². The first-order chi connectivity index (χ1) is 69.5. The summed E-state index contributed by atoms with van der Waals surface area (Å²) in [5.41, 5.74) is 45.6. The third kappa shape index (κ3) is 45.7. The first-order valence-electron chi connectivity index (χ1n) is 48.0. The molecule has 1 aliphatic rings. The minimum absolute atomic E-state index is 0.00457. The van der Waals surface area contributed by atoms with Gasteiger partial charge in [-0.2, -0.15) is 25.3 Å². The number of nitrogens with zero attached hydrogens (tertiary/aromatic N) is 1. The van der Waals surface area contributed by atoms with Crippen LogP contribution in [0.25, 0.3) is 10.8 Å². The Morgan fingerprint density at radius 1 is 0.342 bits per heavy atom. The molecule has 146 heavy (non-hydrogen) atoms. The number of guanidine groups is 3. The van der Waals surface area contributed by atoms with Gasteiger partial charge in [0.15, 0.2) is 17.9 Å². The lowest BCUT2D eigenvalue weighted by molar-refractivity contribution is -0.142. The molecular weight excluding hydrogens is 1940 g/mol. The number of carbonyl (C=O) groups is 18. The van der Waals surface area contributed by atoms with Crippen LogP contribution in [0.1, 0.15) is 152 Å². The predicted octanol–water partition coefficient (Wildman–Crippen LogP) is -6.07. The topological polar surface area (TPSA) is 879 Å². The number of amides is 20. The van der Waals surface area contributed by atoms with E-state index in [1.807, 2.05) is 18.2 Å². The third-order valence-electron chi connectivity index (χ3n) is 23.2. The Balaban J connectivity index is 1.48. The number of thiol groups is 2. The first-order valence-corrected chi connectivity index (χ1v) is 49.2. The summed E-state index contributed by atoms with van der Waals surface area (Å²) < 4.78 is 0. The average Bonchev–Trinajstić information content (AvgIpc) is 1.78. The van der Waals surface area contributed by atoms with Crippen molar-refractivity contribution in [3.8, 4) is 11.5 Å². The molecule has 1 saturated heterocycles. The van der Waals surface area contributed by atoms with Crippen LogP contribution in [-0.2, 0) is 91.2 Å². The van der Waals surface area contributed by atoms with Crippen LogP contribution < -0.4 is 147 Å². The van der Waals surface area contributed by atoms with Gasteiger partial charge in [-0.25, -0.2) is 19.2 Å². The van der Waals surface area contributed by atoms with Crippen molar-refractivity contribution in [2.75, 3.05) is 70.4 Å². The fraction of sp³-hybridized carbons (Fsp3) is 0.533. The Bertz CT molecular complexity index is 5070. The van der Waals surface area contributed by atoms with E-state index in [9.17, 15) is 68.1 Å². The summed E-state index contributed by atoms with van der Waals surface area (Å²) in [6.07, 6.45) is -0.860. The summed E-state index contributed by atoms with van der Waals surface area (Å²) in [5.74, 6) is -16.9. The summed E-state index contributed by atoms with van der Waals surface area (Å²) >= 11 is 8.68. The lowest BCUT2D eigenvalue weighted by atomic mass is 10.00. The van der Waals surface area contributed by atoms with E-state index in [0.29, 0.717) is 29.5 Å². The number of fused-ring (bicyclic) bond motifs is 1. The lowest BCUT2D eigenvalue weighted by Gasteiger charge is -2.31. The molecule has 0 aliphatic carbocycles. The second kappa shape index (κ2) is 65.3. The number of unbranched alkanes of at least 4 members (excludes halogenated alkanes) is 2. The summed E-state index contributed by atoms with van der Waals surface area (Å²) in [7, 11) is 0. The summed E-state index contributed by atoms with van der Waals surface area (Å²) in [5, 5.41) is 104. The molecule has 0 aromatic heterocycles. The minimum atomic E-state index is -1.68. The quantitative estimate of drug-likeness (QED) is 0.00847. The molecule has 0 bridgehead atoms. The van der Waals surface area contributed by atoms with Crippen LogP contribution in [0.3, 0.4) is 0 Å². The van der Waals surface area contributed by atoms with Crippen molar-refractivity contribution in [2.24, 2.45) is 45.9 Å². The van der Waals surface area contributed by atoms with Gasteiger partial charge < -0.3 is 167 Å². The highest BCUT2D eigenvalue weighted by Gasteiger charge is 2.42. The van der Waals surface area contributed by atoms with Crippen molar-refractivity contribution in [2.45, 2.75) is 239 Å². The van der Waals surface area contributed by atoms with Crippen LogP contribution in [0.15, 0.2) is 91.0 Å². The highest BCUT2D eigenvalue weighted by molar-refractivity contribution is 7.80. The fourth-order valence-electron chi connectivity index (χ4n) is 15.6. The summed E-state index contributed by atoms with van der Waals surface area (Å²) in [6.45, 7) is 1.14. The van der Waals surface area contributed by atoms with E-state index in [1.54, 1.807) is 24.3 Å². The molecule has 52 nitrogen and oxygen atoms in total. The molecule has 1 heterocycles. The number of benzene rings is 4. The molecule has 0 radical (unpaired) electrons. The molecule has 4 aromatic carbocycles. The number of aromatic hydroxyl groups is 2. The Morgan fingerprint density at radius 2 is 0.623 bits per heavy atom. The number of nitrogens with two attached hydrogens (primary N) is 8. The number of hydrogen-bond donors (Lipinski definition) is 35. The van der Waals surface area contributed by atoms with Gasteiger partial charge >= 0.3 is 24.1 Å². The second-order valence-electron chi connectivity index (χ2n) is 34.8. The Kier molecular flexibility index (Phi) is 54.4. The summed E-state index contributed by atoms with van der Waals surface area (Å²) in [4.78, 5) is 254. The van der Waals surface area contributed by atoms with E-state index in [1.165, 1.54) is 60.4 Å². The van der Waals surface area contributed by atoms with E-state index in [2.05, 4.69) is 126 Å². The van der Waals surface area contributed by atoms with E-state index < -0.39 is 215 Å². The smallest absolute Gasteiger partial charge is 0.326 e. The highest BCUT2D eigenvalue weighted by Crippen LogP contribution is 2.24. The van der Waals surface area contributed by atoms with E-state index >= 15 is 33.6 Å². The number of hydrogen-bond acceptors (Lipinski definition) is 27. The molecule has 0 spiro atoms. The van der Waals surface area contributed by atoms with Gasteiger partial charge in [0.2, 0.25) is 82.7 Å². The maximum Gasteiger partial charge on any atom is 0.326 e. The number of carbonyl (C=O) groups excluding carboxylic acids is 17. The molecule has 1 aliphatic heterocycles. The van der Waals surface area contributed by atoms with Crippen molar-refractivity contribution in [1.82, 2.24) is 106 Å². The molecule has 14 atom stereocenters. The SMILES string of the molecule is CC(=O)N[C@@H](CCCNC(N)=O)C(=O)N[C@@H](CCCNC(=N)N)C(=O)N[C@@H](Cc1ccc2ccccc2c1)C(=O)N[C@@H](CS)C(=O)N[C@@H](Cc1ccc(O)cc1)C(=O)N[C@@H](CCCNC(N)=O)C(=O)N[C@@H](CCCCN)C(=O)N[C@H](CCCCN)C(=O)N1CCC[C@H]1C(=O)N[C@@H](Cc1ccc(O)cc1)C(=O)N[C@@H](CCCNC(=N)N)C(=O)N[C@@H](CCCNC(N)=O)C(=O)N[C@@H](CS)C(=O)N[C@@H](CCCNC(=N)N)C(=O)O. The van der Waals surface area contributed by atoms with Crippen LogP contribution in [0.5, 0.6) is 11.5 Å². The van der Waals surface area contributed by atoms with Gasteiger partial charge in [0, 0.05) is 83.5 Å². The molecule has 0 unspecified atom stereocenters. The predicted molar refractivity (Wildman–Crippen MR) is 546 cm³/mol. The van der Waals surface area contributed by atoms with Crippen LogP contribution >= 0.6 is 25.3 Å². The number of urea groups is 3. The fourth-order valence-corrected chi connectivity index (χ4v) is 16.1. The van der Waals surface area contributed by atoms with Crippen molar-refractivity contribution in [3.63, 3.8) is 0 Å². The Labute approximate surface area is 854 Å². The van der Waals surface area contributed by atoms with E-state index in [-0.39, 0.29) is 211 Å². The number of likely N-dealkylation sites (tertiary alicyclic amines) is 1. The molecular formula is C92H143N31O21S2. The zero-order valence-electron chi connectivity index (χ0n) is 81.4. The number of aliphatic carboxylic acids is 1. The Hall–Kier alpha value is -15.0. The van der Waals surface area contributed by atoms with Crippen LogP contribution in [0, 0.1) is 16.2 Å². The van der Waals surface area contributed by atoms with Gasteiger partial charge in [0.1, 0.15) is 96.1 Å². The molecule has 20 amide bonds. The van der Waals surface area contributed by atoms with Gasteiger partial charge in [-0.05, 0) is 193 Å². The minimum Gasteiger partial charge on any atom is -0.508 e. The number of carboxylic acid groups (broad SMARTS) is 1. The molecule has 54 heteroatoms. The van der Waals surface area contributed by atoms with Crippen molar-refractivity contribution in [3.05, 3.63) is 108 Å². The first kappa shape index (κ1) is 122. The largest absolute Gasteiger partial charge is 0.508 e.